The molecule has 0 saturated heterocycles. The number of nitrogens with zero attached hydrogens (tertiary/aromatic N) is 2. The summed E-state index contributed by atoms with van der Waals surface area (Å²) in [4.78, 5) is 8.00. The minimum absolute atomic E-state index is 0.242. The first-order valence-electron chi connectivity index (χ1n) is 3.56. The lowest BCUT2D eigenvalue weighted by Gasteiger charge is -2.04. The summed E-state index contributed by atoms with van der Waals surface area (Å²) in [7, 11) is 0. The van der Waals surface area contributed by atoms with Crippen LogP contribution in [0.3, 0.4) is 0 Å². The third kappa shape index (κ3) is 1.56. The maximum absolute atomic E-state index is 10.6. The highest BCUT2D eigenvalue weighted by Crippen LogP contribution is 2.13. The van der Waals surface area contributed by atoms with Gasteiger partial charge in [-0.3, -0.25) is 4.21 Å². The number of rotatable bonds is 1. The molecule has 0 amide bonds. The molecule has 0 N–H and O–H groups in total. The molecule has 2 rings (SSSR count). The third-order valence-corrected chi connectivity index (χ3v) is 2.31. The van der Waals surface area contributed by atoms with Gasteiger partial charge in [-0.2, -0.15) is 0 Å². The first kappa shape index (κ1) is 8.28. The van der Waals surface area contributed by atoms with E-state index in [1.165, 1.54) is 18.5 Å². The van der Waals surface area contributed by atoms with Gasteiger partial charge in [0.2, 0.25) is 0 Å². The molecule has 2 aromatic rings. The zero-order valence-electron chi connectivity index (χ0n) is 6.51. The monoisotopic (exact) mass is 193 g/mol. The van der Waals surface area contributed by atoms with Crippen molar-refractivity contribution >= 4 is 22.0 Å². The molecule has 1 aromatic carbocycles. The molecule has 0 radical (unpaired) electrons. The van der Waals surface area contributed by atoms with Crippen molar-refractivity contribution in [1.29, 1.82) is 0 Å². The standard InChI is InChI=1S/C8H6N2O2S/c11-13(12)7-2-1-6-4-9-5-10-8(6)3-7/h1-5H,(H,11,12)/p-1. The van der Waals surface area contributed by atoms with Crippen molar-refractivity contribution in [2.24, 2.45) is 0 Å². The van der Waals surface area contributed by atoms with Crippen LogP contribution >= 0.6 is 0 Å². The SMILES string of the molecule is O=S([O-])c1ccc2cncnc2c1. The summed E-state index contributed by atoms with van der Waals surface area (Å²) in [5, 5.41) is 0.830. The fraction of sp³-hybridized carbons (Fsp3) is 0. The number of aromatic nitrogens is 2. The maximum Gasteiger partial charge on any atom is 0.116 e. The minimum atomic E-state index is -2.20. The number of benzene rings is 1. The van der Waals surface area contributed by atoms with Gasteiger partial charge < -0.3 is 4.55 Å². The van der Waals surface area contributed by atoms with Crippen molar-refractivity contribution in [1.82, 2.24) is 9.97 Å². The lowest BCUT2D eigenvalue weighted by Crippen LogP contribution is -1.89. The molecule has 0 aliphatic carbocycles. The smallest absolute Gasteiger partial charge is 0.116 e. The van der Waals surface area contributed by atoms with Crippen LogP contribution < -0.4 is 0 Å². The quantitative estimate of drug-likeness (QED) is 0.630. The number of hydrogen-bond acceptors (Lipinski definition) is 4. The van der Waals surface area contributed by atoms with E-state index in [1.807, 2.05) is 0 Å². The average molecular weight is 193 g/mol. The Hall–Kier alpha value is -1.33. The average Bonchev–Trinajstić information content (AvgIpc) is 2.17. The van der Waals surface area contributed by atoms with Gasteiger partial charge in [-0.1, -0.05) is 6.07 Å². The van der Waals surface area contributed by atoms with E-state index in [-0.39, 0.29) is 4.90 Å². The van der Waals surface area contributed by atoms with E-state index in [4.69, 9.17) is 0 Å². The molecule has 5 heteroatoms. The molecule has 0 fully saturated rings. The summed E-state index contributed by atoms with van der Waals surface area (Å²) in [5.41, 5.74) is 0.636. The Balaban J connectivity index is 2.69. The molecule has 1 unspecified atom stereocenters. The fourth-order valence-electron chi connectivity index (χ4n) is 1.06. The van der Waals surface area contributed by atoms with Gasteiger partial charge in [0, 0.05) is 16.5 Å². The van der Waals surface area contributed by atoms with Crippen LogP contribution in [0, 0.1) is 0 Å². The van der Waals surface area contributed by atoms with Crippen molar-refractivity contribution in [2.75, 3.05) is 0 Å². The topological polar surface area (TPSA) is 65.9 Å². The van der Waals surface area contributed by atoms with Gasteiger partial charge in [0.05, 0.1) is 5.52 Å². The van der Waals surface area contributed by atoms with Gasteiger partial charge in [0.15, 0.2) is 0 Å². The lowest BCUT2D eigenvalue weighted by molar-refractivity contribution is 0.537. The van der Waals surface area contributed by atoms with E-state index in [0.717, 1.165) is 5.39 Å². The molecular formula is C8H5N2O2S-. The van der Waals surface area contributed by atoms with Crippen LogP contribution in [0.2, 0.25) is 0 Å². The highest BCUT2D eigenvalue weighted by Gasteiger charge is 1.96. The van der Waals surface area contributed by atoms with Gasteiger partial charge in [0.25, 0.3) is 0 Å². The van der Waals surface area contributed by atoms with Gasteiger partial charge in [-0.25, -0.2) is 9.97 Å². The van der Waals surface area contributed by atoms with Crippen LogP contribution in [0.15, 0.2) is 35.6 Å². The third-order valence-electron chi connectivity index (χ3n) is 1.67. The van der Waals surface area contributed by atoms with Crippen LogP contribution in [0.25, 0.3) is 10.9 Å². The Labute approximate surface area is 76.9 Å². The molecule has 1 atom stereocenters. The maximum atomic E-state index is 10.6. The van der Waals surface area contributed by atoms with E-state index in [2.05, 4.69) is 9.97 Å². The molecule has 0 bridgehead atoms. The molecule has 66 valence electrons. The summed E-state index contributed by atoms with van der Waals surface area (Å²) in [5.74, 6) is 0. The largest absolute Gasteiger partial charge is 0.768 e. The predicted molar refractivity (Wildman–Crippen MR) is 46.7 cm³/mol. The van der Waals surface area contributed by atoms with Crippen molar-refractivity contribution in [3.63, 3.8) is 0 Å². The Bertz CT molecular complexity index is 472. The molecule has 1 heterocycles. The Morgan fingerprint density at radius 1 is 1.38 bits per heavy atom. The van der Waals surface area contributed by atoms with E-state index < -0.39 is 11.1 Å². The second kappa shape index (κ2) is 3.20. The van der Waals surface area contributed by atoms with Gasteiger partial charge in [-0.15, -0.1) is 0 Å². The zero-order chi connectivity index (χ0) is 9.26. The second-order valence-electron chi connectivity index (χ2n) is 2.48. The number of hydrogen-bond donors (Lipinski definition) is 0. The summed E-state index contributed by atoms with van der Waals surface area (Å²) in [6, 6.07) is 4.72. The van der Waals surface area contributed by atoms with Crippen molar-refractivity contribution in [3.05, 3.63) is 30.7 Å². The van der Waals surface area contributed by atoms with Crippen LogP contribution in [-0.2, 0) is 11.1 Å². The highest BCUT2D eigenvalue weighted by molar-refractivity contribution is 7.79. The van der Waals surface area contributed by atoms with Crippen molar-refractivity contribution < 1.29 is 8.76 Å². The van der Waals surface area contributed by atoms with Gasteiger partial charge in [0.1, 0.15) is 6.33 Å². The molecule has 4 nitrogen and oxygen atoms in total. The Morgan fingerprint density at radius 2 is 2.23 bits per heavy atom. The van der Waals surface area contributed by atoms with Gasteiger partial charge >= 0.3 is 0 Å². The summed E-state index contributed by atoms with van der Waals surface area (Å²) in [6.45, 7) is 0. The number of fused-ring (bicyclic) bond motifs is 1. The Kier molecular flexibility index (Phi) is 2.03. The molecule has 0 aliphatic rings. The highest BCUT2D eigenvalue weighted by atomic mass is 32.2. The summed E-state index contributed by atoms with van der Waals surface area (Å²) < 4.78 is 21.2. The van der Waals surface area contributed by atoms with E-state index >= 15 is 0 Å². The normalized spacial score (nSPS) is 13.0. The van der Waals surface area contributed by atoms with Gasteiger partial charge in [-0.05, 0) is 23.2 Å². The van der Waals surface area contributed by atoms with Crippen molar-refractivity contribution in [2.45, 2.75) is 4.90 Å². The summed E-state index contributed by atoms with van der Waals surface area (Å²) >= 11 is -2.20. The molecule has 0 spiro atoms. The van der Waals surface area contributed by atoms with Crippen LogP contribution in [0.4, 0.5) is 0 Å². The van der Waals surface area contributed by atoms with Crippen LogP contribution in [0.5, 0.6) is 0 Å². The first-order chi connectivity index (χ1) is 6.27. The molecular weight excluding hydrogens is 188 g/mol. The van der Waals surface area contributed by atoms with E-state index in [9.17, 15) is 8.76 Å². The first-order valence-corrected chi connectivity index (χ1v) is 4.64. The van der Waals surface area contributed by atoms with Crippen molar-refractivity contribution in [3.8, 4) is 0 Å². The molecule has 1 aromatic heterocycles. The fourth-order valence-corrected chi connectivity index (χ4v) is 1.44. The second-order valence-corrected chi connectivity index (χ2v) is 3.42. The van der Waals surface area contributed by atoms with Crippen LogP contribution in [0.1, 0.15) is 0 Å². The predicted octanol–water partition coefficient (Wildman–Crippen LogP) is 0.868. The lowest BCUT2D eigenvalue weighted by atomic mass is 10.2. The minimum Gasteiger partial charge on any atom is -0.768 e. The van der Waals surface area contributed by atoms with Crippen LogP contribution in [-0.4, -0.2) is 18.7 Å². The van der Waals surface area contributed by atoms with E-state index in [0.29, 0.717) is 5.52 Å². The molecule has 0 aliphatic heterocycles. The zero-order valence-corrected chi connectivity index (χ0v) is 7.32. The summed E-state index contributed by atoms with van der Waals surface area (Å²) in [6.07, 6.45) is 3.03. The Morgan fingerprint density at radius 3 is 3.00 bits per heavy atom. The molecule has 0 saturated carbocycles. The van der Waals surface area contributed by atoms with E-state index in [1.54, 1.807) is 12.3 Å². The molecule has 13 heavy (non-hydrogen) atoms.